The molecule has 0 saturated carbocycles. The van der Waals surface area contributed by atoms with E-state index >= 15 is 0 Å². The molecule has 7 heteroatoms. The van der Waals surface area contributed by atoms with Crippen LogP contribution in [0.15, 0.2) is 0 Å². The fourth-order valence-electron chi connectivity index (χ4n) is 3.50. The van der Waals surface area contributed by atoms with Gasteiger partial charge >= 0.3 is 6.18 Å². The van der Waals surface area contributed by atoms with E-state index in [1.807, 2.05) is 13.8 Å². The number of halogens is 3. The lowest BCUT2D eigenvalue weighted by molar-refractivity contribution is -0.221. The van der Waals surface area contributed by atoms with Crippen molar-refractivity contribution in [2.75, 3.05) is 39.3 Å². The van der Waals surface area contributed by atoms with Gasteiger partial charge in [-0.1, -0.05) is 13.8 Å². The minimum Gasteiger partial charge on any atom is -0.340 e. The molecule has 0 spiro atoms. The summed E-state index contributed by atoms with van der Waals surface area (Å²) in [6.07, 6.45) is -3.88. The van der Waals surface area contributed by atoms with Gasteiger partial charge in [0.2, 0.25) is 5.91 Å². The highest BCUT2D eigenvalue weighted by atomic mass is 19.4. The van der Waals surface area contributed by atoms with Gasteiger partial charge < -0.3 is 10.2 Å². The molecule has 2 fully saturated rings. The molecule has 0 aromatic heterocycles. The van der Waals surface area contributed by atoms with Crippen molar-refractivity contribution in [3.05, 3.63) is 0 Å². The summed E-state index contributed by atoms with van der Waals surface area (Å²) in [4.78, 5) is 16.1. The quantitative estimate of drug-likeness (QED) is 0.854. The first-order chi connectivity index (χ1) is 9.85. The summed E-state index contributed by atoms with van der Waals surface area (Å²) in [5.74, 6) is -0.741. The lowest BCUT2D eigenvalue weighted by Crippen LogP contribution is -2.53. The van der Waals surface area contributed by atoms with Crippen LogP contribution in [0.4, 0.5) is 13.2 Å². The first-order valence-corrected chi connectivity index (χ1v) is 7.66. The van der Waals surface area contributed by atoms with Crippen LogP contribution in [-0.2, 0) is 4.79 Å². The lowest BCUT2D eigenvalue weighted by atomic mass is 9.84. The fourth-order valence-corrected chi connectivity index (χ4v) is 3.50. The number of hydrogen-bond donors (Lipinski definition) is 1. The number of rotatable bonds is 4. The van der Waals surface area contributed by atoms with Crippen LogP contribution in [0.1, 0.15) is 26.7 Å². The summed E-state index contributed by atoms with van der Waals surface area (Å²) in [5.41, 5.74) is -2.22. The van der Waals surface area contributed by atoms with Crippen LogP contribution in [0.25, 0.3) is 0 Å². The van der Waals surface area contributed by atoms with Crippen molar-refractivity contribution in [3.63, 3.8) is 0 Å². The Morgan fingerprint density at radius 2 is 2.05 bits per heavy atom. The Labute approximate surface area is 123 Å². The standard InChI is InChI=1S/C14H24F3N3O/c1-3-19(4-2)11-5-8-20(9-11)12(21)13(14(15,16)17)6-7-18-10-13/h11,18H,3-10H2,1-2H3. The van der Waals surface area contributed by atoms with Crippen LogP contribution in [0, 0.1) is 5.41 Å². The molecule has 4 nitrogen and oxygen atoms in total. The van der Waals surface area contributed by atoms with Crippen molar-refractivity contribution in [2.45, 2.75) is 38.9 Å². The Hall–Kier alpha value is -0.820. The average molecular weight is 307 g/mol. The number of carbonyl (C=O) groups is 1. The minimum absolute atomic E-state index is 0.151. The van der Waals surface area contributed by atoms with E-state index in [-0.39, 0.29) is 25.6 Å². The monoisotopic (exact) mass is 307 g/mol. The number of likely N-dealkylation sites (tertiary alicyclic amines) is 1. The van der Waals surface area contributed by atoms with Crippen LogP contribution < -0.4 is 5.32 Å². The average Bonchev–Trinajstić information content (AvgIpc) is 3.08. The molecule has 0 aromatic rings. The van der Waals surface area contributed by atoms with Crippen molar-refractivity contribution in [3.8, 4) is 0 Å². The van der Waals surface area contributed by atoms with Crippen LogP contribution in [0.5, 0.6) is 0 Å². The van der Waals surface area contributed by atoms with Gasteiger partial charge in [-0.25, -0.2) is 0 Å². The van der Waals surface area contributed by atoms with E-state index in [2.05, 4.69) is 10.2 Å². The third kappa shape index (κ3) is 2.90. The van der Waals surface area contributed by atoms with E-state index in [1.165, 1.54) is 4.90 Å². The smallest absolute Gasteiger partial charge is 0.340 e. The highest BCUT2D eigenvalue weighted by Crippen LogP contribution is 2.44. The molecule has 2 heterocycles. The molecule has 2 saturated heterocycles. The molecule has 21 heavy (non-hydrogen) atoms. The maximum absolute atomic E-state index is 13.4. The zero-order valence-electron chi connectivity index (χ0n) is 12.7. The molecule has 122 valence electrons. The molecule has 2 aliphatic rings. The molecule has 0 aromatic carbocycles. The van der Waals surface area contributed by atoms with E-state index in [4.69, 9.17) is 0 Å². The third-order valence-corrected chi connectivity index (χ3v) is 4.89. The molecule has 0 aliphatic carbocycles. The van der Waals surface area contributed by atoms with Crippen molar-refractivity contribution in [2.24, 2.45) is 5.41 Å². The first-order valence-electron chi connectivity index (χ1n) is 7.66. The number of nitrogens with one attached hydrogen (secondary N) is 1. The van der Waals surface area contributed by atoms with E-state index in [1.54, 1.807) is 0 Å². The maximum atomic E-state index is 13.4. The van der Waals surface area contributed by atoms with Gasteiger partial charge in [-0.2, -0.15) is 13.2 Å². The number of alkyl halides is 3. The summed E-state index contributed by atoms with van der Waals surface area (Å²) in [5, 5.41) is 2.70. The Morgan fingerprint density at radius 3 is 2.52 bits per heavy atom. The summed E-state index contributed by atoms with van der Waals surface area (Å²) in [6, 6.07) is 0.184. The van der Waals surface area contributed by atoms with Crippen molar-refractivity contribution in [1.82, 2.24) is 15.1 Å². The summed E-state index contributed by atoms with van der Waals surface area (Å²) in [6.45, 7) is 6.58. The third-order valence-electron chi connectivity index (χ3n) is 4.89. The van der Waals surface area contributed by atoms with Gasteiger partial charge in [0.1, 0.15) is 0 Å². The van der Waals surface area contributed by atoms with Crippen molar-refractivity contribution < 1.29 is 18.0 Å². The van der Waals surface area contributed by atoms with Gasteiger partial charge in [0, 0.05) is 25.7 Å². The van der Waals surface area contributed by atoms with E-state index in [0.29, 0.717) is 13.1 Å². The normalized spacial score (nSPS) is 30.4. The van der Waals surface area contributed by atoms with Crippen LogP contribution in [0.3, 0.4) is 0 Å². The number of likely N-dealkylation sites (N-methyl/N-ethyl adjacent to an activating group) is 1. The van der Waals surface area contributed by atoms with Crippen LogP contribution in [-0.4, -0.2) is 67.2 Å². The second-order valence-electron chi connectivity index (χ2n) is 5.92. The second-order valence-corrected chi connectivity index (χ2v) is 5.92. The predicted octanol–water partition coefficient (Wildman–Crippen LogP) is 1.47. The van der Waals surface area contributed by atoms with Crippen LogP contribution in [0.2, 0.25) is 0 Å². The Balaban J connectivity index is 2.10. The molecule has 0 bridgehead atoms. The van der Waals surface area contributed by atoms with Gasteiger partial charge in [0.25, 0.3) is 0 Å². The second kappa shape index (κ2) is 6.12. The molecular formula is C14H24F3N3O. The summed E-state index contributed by atoms with van der Waals surface area (Å²) >= 11 is 0. The predicted molar refractivity (Wildman–Crippen MR) is 73.9 cm³/mol. The maximum Gasteiger partial charge on any atom is 0.404 e. The number of carbonyl (C=O) groups excluding carboxylic acids is 1. The van der Waals surface area contributed by atoms with Gasteiger partial charge in [0.15, 0.2) is 5.41 Å². The number of hydrogen-bond acceptors (Lipinski definition) is 3. The molecule has 2 aliphatic heterocycles. The molecule has 2 atom stereocenters. The molecule has 1 amide bonds. The zero-order chi connectivity index (χ0) is 15.7. The Kier molecular flexibility index (Phi) is 4.82. The van der Waals surface area contributed by atoms with Crippen molar-refractivity contribution in [1.29, 1.82) is 0 Å². The summed E-state index contributed by atoms with van der Waals surface area (Å²) in [7, 11) is 0. The van der Waals surface area contributed by atoms with Gasteiger partial charge in [-0.15, -0.1) is 0 Å². The topological polar surface area (TPSA) is 35.6 Å². The van der Waals surface area contributed by atoms with Gasteiger partial charge in [0.05, 0.1) is 0 Å². The fraction of sp³-hybridized carbons (Fsp3) is 0.929. The zero-order valence-corrected chi connectivity index (χ0v) is 12.7. The Morgan fingerprint density at radius 1 is 1.38 bits per heavy atom. The summed E-state index contributed by atoms with van der Waals surface area (Å²) < 4.78 is 40.2. The van der Waals surface area contributed by atoms with Crippen LogP contribution >= 0.6 is 0 Å². The van der Waals surface area contributed by atoms with E-state index in [0.717, 1.165) is 19.5 Å². The molecule has 2 unspecified atom stereocenters. The lowest BCUT2D eigenvalue weighted by Gasteiger charge is -2.34. The van der Waals surface area contributed by atoms with E-state index < -0.39 is 17.5 Å². The highest BCUT2D eigenvalue weighted by molar-refractivity contribution is 5.84. The number of amides is 1. The Bertz CT molecular complexity index is 376. The SMILES string of the molecule is CCN(CC)C1CCN(C(=O)C2(C(F)(F)F)CCNC2)C1. The first kappa shape index (κ1) is 16.5. The van der Waals surface area contributed by atoms with Gasteiger partial charge in [-0.3, -0.25) is 9.69 Å². The molecular weight excluding hydrogens is 283 g/mol. The molecule has 2 rings (SSSR count). The molecule has 0 radical (unpaired) electrons. The largest absolute Gasteiger partial charge is 0.404 e. The van der Waals surface area contributed by atoms with E-state index in [9.17, 15) is 18.0 Å². The highest BCUT2D eigenvalue weighted by Gasteiger charge is 2.62. The van der Waals surface area contributed by atoms with Gasteiger partial charge in [-0.05, 0) is 32.5 Å². The minimum atomic E-state index is -4.49. The molecule has 1 N–H and O–H groups in total. The number of nitrogens with zero attached hydrogens (tertiary/aromatic N) is 2. The van der Waals surface area contributed by atoms with Crippen molar-refractivity contribution >= 4 is 5.91 Å².